The van der Waals surface area contributed by atoms with Crippen molar-refractivity contribution in [1.29, 1.82) is 0 Å². The molecule has 0 amide bonds. The molecule has 1 aliphatic rings. The fraction of sp³-hybridized carbons (Fsp3) is 0.500. The Hall–Kier alpha value is 0.240. The van der Waals surface area contributed by atoms with Crippen LogP contribution in [0.15, 0.2) is 18.2 Å². The Morgan fingerprint density at radius 1 is 1.31 bits per heavy atom. The molecule has 1 aromatic carbocycles. The summed E-state index contributed by atoms with van der Waals surface area (Å²) < 4.78 is 5.74. The zero-order valence-corrected chi connectivity index (χ0v) is 11.9. The van der Waals surface area contributed by atoms with Crippen LogP contribution in [0.25, 0.3) is 0 Å². The predicted octanol–water partition coefficient (Wildman–Crippen LogP) is 5.00. The highest BCUT2D eigenvalue weighted by Gasteiger charge is 2.25. The number of rotatable bonds is 2. The standard InChI is InChI=1S/C12H13BrCl2O/c13-12(11-3-1-2-6-16-11)9-7-8(14)4-5-10(9)15/h4-5,7,11-12H,1-3,6H2. The molecule has 2 rings (SSSR count). The van der Waals surface area contributed by atoms with Crippen LogP contribution in [-0.4, -0.2) is 12.7 Å². The van der Waals surface area contributed by atoms with Crippen LogP contribution in [-0.2, 0) is 4.74 Å². The van der Waals surface area contributed by atoms with Gasteiger partial charge in [-0.3, -0.25) is 0 Å². The third-order valence-electron chi connectivity index (χ3n) is 2.80. The summed E-state index contributed by atoms with van der Waals surface area (Å²) in [4.78, 5) is 0.124. The van der Waals surface area contributed by atoms with Gasteiger partial charge in [0.25, 0.3) is 0 Å². The number of alkyl halides is 1. The van der Waals surface area contributed by atoms with E-state index in [9.17, 15) is 0 Å². The molecule has 0 bridgehead atoms. The van der Waals surface area contributed by atoms with Gasteiger partial charge in [0.05, 0.1) is 10.9 Å². The van der Waals surface area contributed by atoms with Gasteiger partial charge in [-0.25, -0.2) is 0 Å². The molecule has 0 aliphatic carbocycles. The van der Waals surface area contributed by atoms with Crippen molar-refractivity contribution < 1.29 is 4.74 Å². The summed E-state index contributed by atoms with van der Waals surface area (Å²) in [6.45, 7) is 0.838. The lowest BCUT2D eigenvalue weighted by Gasteiger charge is -2.27. The highest BCUT2D eigenvalue weighted by molar-refractivity contribution is 9.09. The molecule has 1 aromatic rings. The second-order valence-corrected chi connectivity index (χ2v) is 5.80. The van der Waals surface area contributed by atoms with Gasteiger partial charge >= 0.3 is 0 Å². The smallest absolute Gasteiger partial charge is 0.0741 e. The fourth-order valence-corrected chi connectivity index (χ4v) is 3.27. The molecule has 2 unspecified atom stereocenters. The lowest BCUT2D eigenvalue weighted by atomic mass is 10.0. The number of hydrogen-bond donors (Lipinski definition) is 0. The molecule has 0 radical (unpaired) electrons. The van der Waals surface area contributed by atoms with Crippen LogP contribution in [0.1, 0.15) is 29.7 Å². The number of benzene rings is 1. The van der Waals surface area contributed by atoms with E-state index in [2.05, 4.69) is 15.9 Å². The maximum Gasteiger partial charge on any atom is 0.0741 e. The van der Waals surface area contributed by atoms with Gasteiger partial charge in [0.1, 0.15) is 0 Å². The van der Waals surface area contributed by atoms with E-state index in [1.165, 1.54) is 6.42 Å². The molecule has 1 nitrogen and oxygen atoms in total. The molecule has 1 saturated heterocycles. The van der Waals surface area contributed by atoms with Gasteiger partial charge in [-0.1, -0.05) is 39.1 Å². The molecule has 0 spiro atoms. The van der Waals surface area contributed by atoms with Crippen LogP contribution in [0.5, 0.6) is 0 Å². The normalized spacial score (nSPS) is 23.1. The molecular weight excluding hydrogens is 311 g/mol. The second kappa shape index (κ2) is 5.72. The van der Waals surface area contributed by atoms with Crippen molar-refractivity contribution in [3.63, 3.8) is 0 Å². The van der Waals surface area contributed by atoms with E-state index < -0.39 is 0 Å². The van der Waals surface area contributed by atoms with Crippen molar-refractivity contribution in [2.75, 3.05) is 6.61 Å². The highest BCUT2D eigenvalue weighted by atomic mass is 79.9. The van der Waals surface area contributed by atoms with Crippen molar-refractivity contribution in [2.45, 2.75) is 30.2 Å². The van der Waals surface area contributed by atoms with Crippen LogP contribution in [0.4, 0.5) is 0 Å². The largest absolute Gasteiger partial charge is 0.377 e. The van der Waals surface area contributed by atoms with Crippen molar-refractivity contribution >= 4 is 39.1 Å². The molecule has 88 valence electrons. The summed E-state index contributed by atoms with van der Waals surface area (Å²) in [5, 5.41) is 1.44. The van der Waals surface area contributed by atoms with Crippen LogP contribution in [0, 0.1) is 0 Å². The van der Waals surface area contributed by atoms with Crippen molar-refractivity contribution in [2.24, 2.45) is 0 Å². The second-order valence-electron chi connectivity index (χ2n) is 3.97. The first-order valence-corrected chi connectivity index (χ1v) is 7.06. The first-order valence-electron chi connectivity index (χ1n) is 5.39. The summed E-state index contributed by atoms with van der Waals surface area (Å²) in [5.74, 6) is 0. The van der Waals surface area contributed by atoms with Gasteiger partial charge in [0.2, 0.25) is 0 Å². The highest BCUT2D eigenvalue weighted by Crippen LogP contribution is 2.38. The van der Waals surface area contributed by atoms with Gasteiger partial charge in [-0.2, -0.15) is 0 Å². The number of halogens is 3. The molecule has 4 heteroatoms. The van der Waals surface area contributed by atoms with Crippen molar-refractivity contribution in [1.82, 2.24) is 0 Å². The molecule has 1 aliphatic heterocycles. The Morgan fingerprint density at radius 2 is 2.12 bits per heavy atom. The minimum Gasteiger partial charge on any atom is -0.377 e. The Kier molecular flexibility index (Phi) is 4.54. The predicted molar refractivity (Wildman–Crippen MR) is 71.7 cm³/mol. The lowest BCUT2D eigenvalue weighted by Crippen LogP contribution is -2.23. The average Bonchev–Trinajstić information content (AvgIpc) is 2.32. The third-order valence-corrected chi connectivity index (χ3v) is 4.46. The van der Waals surface area contributed by atoms with Crippen LogP contribution in [0.3, 0.4) is 0 Å². The van der Waals surface area contributed by atoms with E-state index in [1.807, 2.05) is 12.1 Å². The molecule has 0 aromatic heterocycles. The molecule has 0 N–H and O–H groups in total. The van der Waals surface area contributed by atoms with Crippen LogP contribution in [0.2, 0.25) is 10.0 Å². The van der Waals surface area contributed by atoms with E-state index in [0.717, 1.165) is 30.0 Å². The zero-order chi connectivity index (χ0) is 11.5. The van der Waals surface area contributed by atoms with Gasteiger partial charge in [0.15, 0.2) is 0 Å². The Labute approximate surface area is 114 Å². The topological polar surface area (TPSA) is 9.23 Å². The summed E-state index contributed by atoms with van der Waals surface area (Å²) in [6.07, 6.45) is 3.63. The van der Waals surface area contributed by atoms with Crippen LogP contribution >= 0.6 is 39.1 Å². The summed E-state index contributed by atoms with van der Waals surface area (Å²) in [6, 6.07) is 5.53. The summed E-state index contributed by atoms with van der Waals surface area (Å²) in [7, 11) is 0. The maximum absolute atomic E-state index is 6.17. The molecule has 0 saturated carbocycles. The Bertz CT molecular complexity index is 364. The van der Waals surface area contributed by atoms with E-state index in [4.69, 9.17) is 27.9 Å². The molecule has 1 fully saturated rings. The average molecular weight is 324 g/mol. The molecule has 1 heterocycles. The van der Waals surface area contributed by atoms with Crippen LogP contribution < -0.4 is 0 Å². The van der Waals surface area contributed by atoms with E-state index >= 15 is 0 Å². The first kappa shape index (κ1) is 12.7. The fourth-order valence-electron chi connectivity index (χ4n) is 1.92. The zero-order valence-electron chi connectivity index (χ0n) is 8.76. The number of hydrogen-bond acceptors (Lipinski definition) is 1. The Morgan fingerprint density at radius 3 is 2.81 bits per heavy atom. The van der Waals surface area contributed by atoms with Crippen molar-refractivity contribution in [3.8, 4) is 0 Å². The molecule has 2 atom stereocenters. The van der Waals surface area contributed by atoms with Gasteiger partial charge in [-0.05, 0) is 43.0 Å². The quantitative estimate of drug-likeness (QED) is 0.696. The van der Waals surface area contributed by atoms with E-state index in [1.54, 1.807) is 6.07 Å². The molecular formula is C12H13BrCl2O. The van der Waals surface area contributed by atoms with Crippen molar-refractivity contribution in [3.05, 3.63) is 33.8 Å². The first-order chi connectivity index (χ1) is 7.68. The van der Waals surface area contributed by atoms with E-state index in [-0.39, 0.29) is 10.9 Å². The summed E-state index contributed by atoms with van der Waals surface area (Å²) >= 11 is 15.8. The van der Waals surface area contributed by atoms with Gasteiger partial charge < -0.3 is 4.74 Å². The summed E-state index contributed by atoms with van der Waals surface area (Å²) in [5.41, 5.74) is 1.01. The SMILES string of the molecule is Clc1ccc(Cl)c(C(Br)C2CCCCO2)c1. The lowest BCUT2D eigenvalue weighted by molar-refractivity contribution is 0.0161. The molecule has 16 heavy (non-hydrogen) atoms. The minimum atomic E-state index is 0.124. The Balaban J connectivity index is 2.18. The minimum absolute atomic E-state index is 0.124. The number of ether oxygens (including phenoxy) is 1. The van der Waals surface area contributed by atoms with Gasteiger partial charge in [-0.15, -0.1) is 0 Å². The third kappa shape index (κ3) is 2.92. The maximum atomic E-state index is 6.17. The monoisotopic (exact) mass is 322 g/mol. The van der Waals surface area contributed by atoms with E-state index in [0.29, 0.717) is 5.02 Å². The van der Waals surface area contributed by atoms with Gasteiger partial charge in [0, 0.05) is 16.7 Å².